The number of aliphatic hydroxyl groups is 1. The van der Waals surface area contributed by atoms with Gasteiger partial charge in [0.1, 0.15) is 5.60 Å². The van der Waals surface area contributed by atoms with Crippen molar-refractivity contribution in [3.63, 3.8) is 0 Å². The van der Waals surface area contributed by atoms with Crippen molar-refractivity contribution in [2.45, 2.75) is 68.7 Å². The molecule has 29 heavy (non-hydrogen) atoms. The molecule has 0 aromatic carbocycles. The minimum Gasteiger partial charge on any atom is -0.384 e. The molecule has 0 aliphatic heterocycles. The molecule has 1 atom stereocenters. The Labute approximate surface area is 174 Å². The molecule has 1 fully saturated rings. The maximum atomic E-state index is 12.8. The predicted molar refractivity (Wildman–Crippen MR) is 112 cm³/mol. The van der Waals surface area contributed by atoms with E-state index in [0.717, 1.165) is 71.6 Å². The topological polar surface area (TPSA) is 131 Å². The van der Waals surface area contributed by atoms with Crippen molar-refractivity contribution >= 4 is 33.0 Å². The smallest absolute Gasteiger partial charge is 0.354 e. The van der Waals surface area contributed by atoms with Crippen molar-refractivity contribution in [1.29, 1.82) is 0 Å². The molecule has 1 unspecified atom stereocenters. The molecule has 0 saturated heterocycles. The first kappa shape index (κ1) is 20.4. The lowest BCUT2D eigenvalue weighted by Gasteiger charge is -2.16. The average Bonchev–Trinajstić information content (AvgIpc) is 3.13. The maximum absolute atomic E-state index is 12.8. The molecule has 156 valence electrons. The number of rotatable bonds is 4. The Morgan fingerprint density at radius 2 is 2.10 bits per heavy atom. The molecular weight excluding hydrogens is 410 g/mol. The van der Waals surface area contributed by atoms with Crippen molar-refractivity contribution in [3.05, 3.63) is 33.6 Å². The lowest BCUT2D eigenvalue weighted by molar-refractivity contribution is 0.0741. The molecule has 10 heteroatoms. The van der Waals surface area contributed by atoms with Gasteiger partial charge in [-0.1, -0.05) is 0 Å². The van der Waals surface area contributed by atoms with E-state index >= 15 is 0 Å². The number of hydrogen-bond acceptors (Lipinski definition) is 6. The fourth-order valence-corrected chi connectivity index (χ4v) is 5.70. The molecule has 0 spiro atoms. The quantitative estimate of drug-likeness (QED) is 0.678. The van der Waals surface area contributed by atoms with Gasteiger partial charge in [-0.25, -0.2) is 19.1 Å². The number of amides is 2. The zero-order chi connectivity index (χ0) is 21.0. The predicted octanol–water partition coefficient (Wildman–Crippen LogP) is 3.37. The number of aromatic nitrogens is 2. The van der Waals surface area contributed by atoms with Crippen LogP contribution in [-0.2, 0) is 28.4 Å². The molecular formula is C19H25N5O3S2. The fourth-order valence-electron chi connectivity index (χ4n) is 3.59. The molecule has 2 aromatic heterocycles. The standard InChI is InChI=1S/C19H25N5O3S2/c1-10-15(11-7-8-11)21-13-6-4-5-12(13)16(10)23-17(25)24-29(20,27)18-22-14(9-28-18)19(2,3)26/h9,11,26H,4-8H2,1-3H3,(H3,20,21,23,24,25,27). The van der Waals surface area contributed by atoms with Gasteiger partial charge < -0.3 is 10.4 Å². The number of hydrogen-bond donors (Lipinski definition) is 3. The molecule has 8 nitrogen and oxygen atoms in total. The van der Waals surface area contributed by atoms with Gasteiger partial charge in [-0.2, -0.15) is 0 Å². The number of nitrogens with one attached hydrogen (secondary N) is 1. The highest BCUT2D eigenvalue weighted by Crippen LogP contribution is 2.44. The second-order valence-electron chi connectivity index (χ2n) is 8.20. The van der Waals surface area contributed by atoms with E-state index in [2.05, 4.69) is 14.7 Å². The van der Waals surface area contributed by atoms with Crippen molar-refractivity contribution < 1.29 is 14.1 Å². The van der Waals surface area contributed by atoms with Crippen molar-refractivity contribution in [2.24, 2.45) is 9.50 Å². The van der Waals surface area contributed by atoms with Crippen LogP contribution in [0.4, 0.5) is 10.5 Å². The molecule has 4 N–H and O–H groups in total. The number of anilines is 1. The van der Waals surface area contributed by atoms with E-state index in [0.29, 0.717) is 11.6 Å². The fraction of sp³-hybridized carbons (Fsp3) is 0.526. The average molecular weight is 436 g/mol. The van der Waals surface area contributed by atoms with Gasteiger partial charge in [0, 0.05) is 22.7 Å². The molecule has 0 radical (unpaired) electrons. The SMILES string of the molecule is Cc1c(C2CC2)nc2c(c1NC(=O)N=S(N)(=O)c1nc(C(C)(C)O)cs1)CCC2. The molecule has 1 saturated carbocycles. The summed E-state index contributed by atoms with van der Waals surface area (Å²) < 4.78 is 16.6. The van der Waals surface area contributed by atoms with Crippen molar-refractivity contribution in [2.75, 3.05) is 5.32 Å². The van der Waals surface area contributed by atoms with Crippen LogP contribution in [0.25, 0.3) is 0 Å². The van der Waals surface area contributed by atoms with E-state index in [1.54, 1.807) is 19.2 Å². The maximum Gasteiger partial charge on any atom is 0.354 e. The van der Waals surface area contributed by atoms with Gasteiger partial charge in [0.05, 0.1) is 11.4 Å². The van der Waals surface area contributed by atoms with Crippen molar-refractivity contribution in [1.82, 2.24) is 9.97 Å². The highest BCUT2D eigenvalue weighted by Gasteiger charge is 2.31. The third-order valence-corrected chi connectivity index (χ3v) is 7.95. The first-order valence-corrected chi connectivity index (χ1v) is 12.1. The zero-order valence-corrected chi connectivity index (χ0v) is 18.3. The van der Waals surface area contributed by atoms with Gasteiger partial charge in [0.25, 0.3) is 0 Å². The number of fused-ring (bicyclic) bond motifs is 1. The Kier molecular flexibility index (Phi) is 5.01. The summed E-state index contributed by atoms with van der Waals surface area (Å²) in [5.41, 5.74) is 3.95. The molecule has 2 aromatic rings. The van der Waals surface area contributed by atoms with Crippen LogP contribution in [0.2, 0.25) is 0 Å². The lowest BCUT2D eigenvalue weighted by atomic mass is 10.0. The zero-order valence-electron chi connectivity index (χ0n) is 16.7. The number of carbonyl (C=O) groups excluding carboxylic acids is 1. The molecule has 4 rings (SSSR count). The highest BCUT2D eigenvalue weighted by atomic mass is 32.2. The van der Waals surface area contributed by atoms with E-state index in [1.807, 2.05) is 6.92 Å². The number of nitrogens with two attached hydrogens (primary N) is 1. The second-order valence-corrected chi connectivity index (χ2v) is 11.0. The molecule has 2 heterocycles. The number of thiazole rings is 1. The Morgan fingerprint density at radius 1 is 1.38 bits per heavy atom. The Bertz CT molecular complexity index is 1110. The van der Waals surface area contributed by atoms with Crippen LogP contribution in [-0.4, -0.2) is 25.3 Å². The monoisotopic (exact) mass is 435 g/mol. The van der Waals surface area contributed by atoms with E-state index < -0.39 is 21.5 Å². The minimum absolute atomic E-state index is 0.0140. The van der Waals surface area contributed by atoms with Gasteiger partial charge in [0.15, 0.2) is 9.92 Å². The molecule has 2 amide bonds. The van der Waals surface area contributed by atoms with Crippen LogP contribution in [0.1, 0.15) is 67.2 Å². The van der Waals surface area contributed by atoms with Gasteiger partial charge in [0.2, 0.25) is 4.34 Å². The summed E-state index contributed by atoms with van der Waals surface area (Å²) in [5.74, 6) is 0.461. The van der Waals surface area contributed by atoms with Crippen LogP contribution >= 0.6 is 11.3 Å². The van der Waals surface area contributed by atoms with Crippen LogP contribution < -0.4 is 10.5 Å². The summed E-state index contributed by atoms with van der Waals surface area (Å²) >= 11 is 1.01. The number of pyridine rings is 1. The van der Waals surface area contributed by atoms with Gasteiger partial charge >= 0.3 is 6.03 Å². The summed E-state index contributed by atoms with van der Waals surface area (Å²) in [4.78, 5) is 21.6. The first-order chi connectivity index (χ1) is 13.6. The van der Waals surface area contributed by atoms with Gasteiger partial charge in [-0.15, -0.1) is 15.7 Å². The van der Waals surface area contributed by atoms with E-state index in [4.69, 9.17) is 10.1 Å². The highest BCUT2D eigenvalue weighted by molar-refractivity contribution is 7.93. The third kappa shape index (κ3) is 4.07. The summed E-state index contributed by atoms with van der Waals surface area (Å²) in [6, 6.07) is -0.761. The van der Waals surface area contributed by atoms with E-state index in [9.17, 15) is 14.1 Å². The van der Waals surface area contributed by atoms with Crippen molar-refractivity contribution in [3.8, 4) is 0 Å². The lowest BCUT2D eigenvalue weighted by Crippen LogP contribution is -2.20. The summed E-state index contributed by atoms with van der Waals surface area (Å²) in [6.07, 6.45) is 5.00. The third-order valence-electron chi connectivity index (χ3n) is 5.28. The Morgan fingerprint density at radius 3 is 2.72 bits per heavy atom. The Hall–Kier alpha value is -1.88. The van der Waals surface area contributed by atoms with E-state index in [-0.39, 0.29) is 4.34 Å². The van der Waals surface area contributed by atoms with Gasteiger partial charge in [-0.3, -0.25) is 4.98 Å². The first-order valence-electron chi connectivity index (χ1n) is 9.63. The largest absolute Gasteiger partial charge is 0.384 e. The molecule has 2 aliphatic rings. The minimum atomic E-state index is -3.52. The number of aryl methyl sites for hydroxylation is 1. The van der Waals surface area contributed by atoms with Gasteiger partial charge in [-0.05, 0) is 64.0 Å². The van der Waals surface area contributed by atoms with E-state index in [1.165, 1.54) is 0 Å². The Balaban J connectivity index is 1.65. The molecule has 2 aliphatic carbocycles. The van der Waals surface area contributed by atoms with Crippen LogP contribution in [0.3, 0.4) is 0 Å². The number of urea groups is 1. The summed E-state index contributed by atoms with van der Waals surface area (Å²) in [5, 5.41) is 20.3. The van der Waals surface area contributed by atoms with Crippen LogP contribution in [0.15, 0.2) is 14.1 Å². The molecule has 0 bridgehead atoms. The van der Waals surface area contributed by atoms with Crippen LogP contribution in [0.5, 0.6) is 0 Å². The van der Waals surface area contributed by atoms with Crippen LogP contribution in [0, 0.1) is 6.92 Å². The normalized spacial score (nSPS) is 18.2. The summed E-state index contributed by atoms with van der Waals surface area (Å²) in [6.45, 7) is 5.10. The number of nitrogens with zero attached hydrogens (tertiary/aromatic N) is 3. The second kappa shape index (κ2) is 7.12. The number of carbonyl (C=O) groups is 1. The summed E-state index contributed by atoms with van der Waals surface area (Å²) in [7, 11) is -3.52.